The van der Waals surface area contributed by atoms with Gasteiger partial charge in [0, 0.05) is 0 Å². The van der Waals surface area contributed by atoms with Crippen LogP contribution in [0.3, 0.4) is 0 Å². The molecule has 0 bridgehead atoms. The first kappa shape index (κ1) is 29.1. The number of hydrogen-bond acceptors (Lipinski definition) is 8. The molecule has 0 aromatic carbocycles. The molecule has 180 valence electrons. The van der Waals surface area contributed by atoms with E-state index in [0.717, 1.165) is 0 Å². The number of rotatable bonds is 14. The van der Waals surface area contributed by atoms with Crippen molar-refractivity contribution in [3.05, 3.63) is 0 Å². The zero-order valence-electron chi connectivity index (χ0n) is 18.6. The number of amides is 3. The number of nitrogens with one attached hydrogen (secondary N) is 3. The minimum absolute atomic E-state index is 0.0133. The number of carbonyl (C=O) groups is 4. The molecule has 6 unspecified atom stereocenters. The van der Waals surface area contributed by atoms with Gasteiger partial charge in [-0.2, -0.15) is 11.8 Å². The summed E-state index contributed by atoms with van der Waals surface area (Å²) in [6, 6.07) is -4.92. The van der Waals surface area contributed by atoms with Crippen molar-refractivity contribution < 1.29 is 34.5 Å². The molecule has 0 saturated carbocycles. The van der Waals surface area contributed by atoms with Gasteiger partial charge < -0.3 is 37.0 Å². The Morgan fingerprint density at radius 3 is 1.84 bits per heavy atom. The molecular weight excluding hydrogens is 428 g/mol. The van der Waals surface area contributed by atoms with Crippen LogP contribution in [0.4, 0.5) is 0 Å². The molecule has 3 amide bonds. The van der Waals surface area contributed by atoms with Gasteiger partial charge in [0.25, 0.3) is 0 Å². The maximum atomic E-state index is 12.8. The summed E-state index contributed by atoms with van der Waals surface area (Å²) in [5, 5.41) is 35.9. The molecule has 0 radical (unpaired) electrons. The van der Waals surface area contributed by atoms with Crippen molar-refractivity contribution in [3.8, 4) is 0 Å². The van der Waals surface area contributed by atoms with E-state index in [1.807, 2.05) is 13.8 Å². The summed E-state index contributed by atoms with van der Waals surface area (Å²) in [5.74, 6) is -3.08. The minimum Gasteiger partial charge on any atom is -0.480 e. The van der Waals surface area contributed by atoms with Crippen molar-refractivity contribution in [2.75, 3.05) is 12.0 Å². The lowest BCUT2D eigenvalue weighted by Gasteiger charge is -2.27. The molecule has 0 heterocycles. The van der Waals surface area contributed by atoms with Gasteiger partial charge in [-0.15, -0.1) is 0 Å². The van der Waals surface area contributed by atoms with E-state index in [4.69, 9.17) is 5.73 Å². The van der Waals surface area contributed by atoms with Crippen LogP contribution in [0.1, 0.15) is 40.5 Å². The van der Waals surface area contributed by atoms with E-state index in [-0.39, 0.29) is 18.8 Å². The van der Waals surface area contributed by atoms with Gasteiger partial charge in [0.1, 0.15) is 24.2 Å². The Labute approximate surface area is 186 Å². The average molecular weight is 465 g/mol. The smallest absolute Gasteiger partial charge is 0.326 e. The van der Waals surface area contributed by atoms with E-state index in [9.17, 15) is 34.5 Å². The summed E-state index contributed by atoms with van der Waals surface area (Å²) in [6.45, 7) is 6.26. The molecule has 0 aromatic rings. The van der Waals surface area contributed by atoms with Crippen molar-refractivity contribution in [3.63, 3.8) is 0 Å². The number of aliphatic carboxylic acids is 1. The molecule has 0 aliphatic rings. The maximum Gasteiger partial charge on any atom is 0.326 e. The lowest BCUT2D eigenvalue weighted by atomic mass is 10.0. The molecular formula is C19H36N4O7S. The highest BCUT2D eigenvalue weighted by Gasteiger charge is 2.33. The topological polar surface area (TPSA) is 191 Å². The van der Waals surface area contributed by atoms with E-state index >= 15 is 0 Å². The fraction of sp³-hybridized carbons (Fsp3) is 0.789. The standard InChI is InChI=1S/C19H36N4O7S/c1-9(2)8-13(22-17(27)14(20)10(3)24)16(26)23-15(11(4)25)18(28)21-12(19(29)30)6-7-31-5/h9-15,24-25H,6-8,20H2,1-5H3,(H,21,28)(H,22,27)(H,23,26)(H,29,30). The molecule has 0 spiro atoms. The quantitative estimate of drug-likeness (QED) is 0.159. The van der Waals surface area contributed by atoms with Crippen LogP contribution in [0.2, 0.25) is 0 Å². The first-order valence-corrected chi connectivity index (χ1v) is 11.5. The number of aliphatic hydroxyl groups is 2. The monoisotopic (exact) mass is 464 g/mol. The number of carbonyl (C=O) groups excluding carboxylic acids is 3. The predicted molar refractivity (Wildman–Crippen MR) is 117 cm³/mol. The Hall–Kier alpha value is -1.89. The molecule has 8 N–H and O–H groups in total. The SMILES string of the molecule is CSCCC(NC(=O)C(NC(=O)C(CC(C)C)NC(=O)C(N)C(C)O)C(C)O)C(=O)O. The van der Waals surface area contributed by atoms with E-state index < -0.39 is 60.1 Å². The van der Waals surface area contributed by atoms with Crippen molar-refractivity contribution in [1.82, 2.24) is 16.0 Å². The Balaban J connectivity index is 5.39. The van der Waals surface area contributed by atoms with Crippen molar-refractivity contribution in [1.29, 1.82) is 0 Å². The van der Waals surface area contributed by atoms with Gasteiger partial charge in [-0.1, -0.05) is 13.8 Å². The normalized spacial score (nSPS) is 17.1. The fourth-order valence-electron chi connectivity index (χ4n) is 2.60. The van der Waals surface area contributed by atoms with E-state index in [1.54, 1.807) is 6.26 Å². The molecule has 0 fully saturated rings. The third kappa shape index (κ3) is 10.8. The van der Waals surface area contributed by atoms with Crippen molar-refractivity contribution >= 4 is 35.5 Å². The molecule has 0 saturated heterocycles. The third-order valence-electron chi connectivity index (χ3n) is 4.45. The van der Waals surface area contributed by atoms with Crippen LogP contribution >= 0.6 is 11.8 Å². The van der Waals surface area contributed by atoms with Crippen LogP contribution in [-0.2, 0) is 19.2 Å². The molecule has 0 rings (SSSR count). The van der Waals surface area contributed by atoms with E-state index in [2.05, 4.69) is 16.0 Å². The lowest BCUT2D eigenvalue weighted by molar-refractivity contribution is -0.143. The molecule has 0 aromatic heterocycles. The van der Waals surface area contributed by atoms with Gasteiger partial charge in [0.15, 0.2) is 0 Å². The second-order valence-electron chi connectivity index (χ2n) is 7.86. The summed E-state index contributed by atoms with van der Waals surface area (Å²) >= 11 is 1.42. The number of aliphatic hydroxyl groups excluding tert-OH is 2. The van der Waals surface area contributed by atoms with Gasteiger partial charge >= 0.3 is 5.97 Å². The Kier molecular flexibility index (Phi) is 13.4. The van der Waals surface area contributed by atoms with Crippen LogP contribution in [0.25, 0.3) is 0 Å². The number of carboxylic acid groups (broad SMARTS) is 1. The molecule has 31 heavy (non-hydrogen) atoms. The van der Waals surface area contributed by atoms with Gasteiger partial charge in [-0.05, 0) is 44.6 Å². The van der Waals surface area contributed by atoms with Crippen molar-refractivity contribution in [2.24, 2.45) is 11.7 Å². The number of hydrogen-bond donors (Lipinski definition) is 7. The molecule has 6 atom stereocenters. The molecule has 12 heteroatoms. The summed E-state index contributed by atoms with van der Waals surface area (Å²) in [6.07, 6.45) is -0.274. The minimum atomic E-state index is -1.43. The van der Waals surface area contributed by atoms with Crippen LogP contribution < -0.4 is 21.7 Å². The Morgan fingerprint density at radius 2 is 1.42 bits per heavy atom. The van der Waals surface area contributed by atoms with E-state index in [0.29, 0.717) is 5.75 Å². The summed E-state index contributed by atoms with van der Waals surface area (Å²) in [7, 11) is 0. The van der Waals surface area contributed by atoms with Crippen LogP contribution in [-0.4, -0.2) is 87.4 Å². The highest BCUT2D eigenvalue weighted by Crippen LogP contribution is 2.08. The van der Waals surface area contributed by atoms with Gasteiger partial charge in [0.2, 0.25) is 17.7 Å². The lowest BCUT2D eigenvalue weighted by Crippen LogP contribution is -2.60. The number of nitrogens with two attached hydrogens (primary N) is 1. The van der Waals surface area contributed by atoms with Gasteiger partial charge in [0.05, 0.1) is 12.2 Å². The molecule has 0 aliphatic heterocycles. The molecule has 11 nitrogen and oxygen atoms in total. The summed E-state index contributed by atoms with van der Waals surface area (Å²) in [5.41, 5.74) is 5.60. The average Bonchev–Trinajstić information content (AvgIpc) is 2.66. The predicted octanol–water partition coefficient (Wildman–Crippen LogP) is -1.59. The van der Waals surface area contributed by atoms with Crippen LogP contribution in [0.15, 0.2) is 0 Å². The van der Waals surface area contributed by atoms with Crippen LogP contribution in [0.5, 0.6) is 0 Å². The summed E-state index contributed by atoms with van der Waals surface area (Å²) in [4.78, 5) is 48.9. The van der Waals surface area contributed by atoms with E-state index in [1.165, 1.54) is 25.6 Å². The Bertz CT molecular complexity index is 616. The Morgan fingerprint density at radius 1 is 0.871 bits per heavy atom. The third-order valence-corrected chi connectivity index (χ3v) is 5.09. The van der Waals surface area contributed by atoms with Gasteiger partial charge in [-0.3, -0.25) is 14.4 Å². The van der Waals surface area contributed by atoms with Crippen LogP contribution in [0, 0.1) is 5.92 Å². The largest absolute Gasteiger partial charge is 0.480 e. The number of carboxylic acids is 1. The highest BCUT2D eigenvalue weighted by molar-refractivity contribution is 7.98. The number of thioether (sulfide) groups is 1. The zero-order valence-corrected chi connectivity index (χ0v) is 19.4. The fourth-order valence-corrected chi connectivity index (χ4v) is 3.07. The maximum absolute atomic E-state index is 12.8. The first-order chi connectivity index (χ1) is 14.3. The molecule has 0 aliphatic carbocycles. The second kappa shape index (κ2) is 14.2. The van der Waals surface area contributed by atoms with Crippen molar-refractivity contribution in [2.45, 2.75) is 76.9 Å². The zero-order chi connectivity index (χ0) is 24.3. The summed E-state index contributed by atoms with van der Waals surface area (Å²) < 4.78 is 0. The van der Waals surface area contributed by atoms with Gasteiger partial charge in [-0.25, -0.2) is 4.79 Å². The second-order valence-corrected chi connectivity index (χ2v) is 8.85. The highest BCUT2D eigenvalue weighted by atomic mass is 32.2. The first-order valence-electron chi connectivity index (χ1n) is 10.1.